The van der Waals surface area contributed by atoms with Crippen molar-refractivity contribution in [2.45, 2.75) is 0 Å². The van der Waals surface area contributed by atoms with Crippen LogP contribution in [-0.2, 0) is 0 Å². The number of rotatable bonds is 2. The molecule has 0 saturated heterocycles. The molecule has 0 amide bonds. The zero-order chi connectivity index (χ0) is 11.7. The fourth-order valence-electron chi connectivity index (χ4n) is 1.65. The van der Waals surface area contributed by atoms with E-state index in [2.05, 4.69) is 9.97 Å². The van der Waals surface area contributed by atoms with Gasteiger partial charge in [-0.2, -0.15) is 0 Å². The molecule has 4 nitrogen and oxygen atoms in total. The standard InChI is InChI=1S/C13H10N2O2/c16-12-3-1-2-4-13(12)17-9-5-6-10-11(7-9)15-8-14-10/h1-8,16H,(H,14,15). The number of phenols is 1. The number of hydrogen-bond donors (Lipinski definition) is 2. The van der Waals surface area contributed by atoms with Gasteiger partial charge in [0.05, 0.1) is 17.4 Å². The number of para-hydroxylation sites is 2. The summed E-state index contributed by atoms with van der Waals surface area (Å²) in [5.41, 5.74) is 1.78. The van der Waals surface area contributed by atoms with E-state index in [0.717, 1.165) is 11.0 Å². The van der Waals surface area contributed by atoms with Gasteiger partial charge in [-0.05, 0) is 24.3 Å². The van der Waals surface area contributed by atoms with E-state index in [1.165, 1.54) is 0 Å². The molecule has 0 aliphatic rings. The quantitative estimate of drug-likeness (QED) is 0.706. The number of phenolic OH excluding ortho intramolecular Hbond substituents is 1. The van der Waals surface area contributed by atoms with Gasteiger partial charge in [-0.3, -0.25) is 0 Å². The van der Waals surface area contributed by atoms with Crippen LogP contribution in [0.3, 0.4) is 0 Å². The Labute approximate surface area is 97.5 Å². The molecule has 1 heterocycles. The van der Waals surface area contributed by atoms with Gasteiger partial charge in [-0.25, -0.2) is 4.98 Å². The smallest absolute Gasteiger partial charge is 0.169 e. The molecule has 0 aliphatic heterocycles. The summed E-state index contributed by atoms with van der Waals surface area (Å²) in [7, 11) is 0. The minimum absolute atomic E-state index is 0.122. The Morgan fingerprint density at radius 3 is 2.88 bits per heavy atom. The predicted molar refractivity (Wildman–Crippen MR) is 64.3 cm³/mol. The Balaban J connectivity index is 1.97. The first kappa shape index (κ1) is 9.72. The van der Waals surface area contributed by atoms with Crippen LogP contribution in [0.5, 0.6) is 17.2 Å². The van der Waals surface area contributed by atoms with Gasteiger partial charge in [0.15, 0.2) is 11.5 Å². The van der Waals surface area contributed by atoms with Crippen LogP contribution in [0, 0.1) is 0 Å². The predicted octanol–water partition coefficient (Wildman–Crippen LogP) is 3.06. The van der Waals surface area contributed by atoms with Crippen molar-refractivity contribution in [3.63, 3.8) is 0 Å². The van der Waals surface area contributed by atoms with E-state index in [4.69, 9.17) is 4.74 Å². The topological polar surface area (TPSA) is 58.1 Å². The molecule has 1 aromatic heterocycles. The summed E-state index contributed by atoms with van der Waals surface area (Å²) in [5.74, 6) is 1.21. The fourth-order valence-corrected chi connectivity index (χ4v) is 1.65. The molecule has 2 N–H and O–H groups in total. The fraction of sp³-hybridized carbons (Fsp3) is 0. The first-order chi connectivity index (χ1) is 8.33. The van der Waals surface area contributed by atoms with Gasteiger partial charge >= 0.3 is 0 Å². The molecule has 0 atom stereocenters. The summed E-state index contributed by atoms with van der Waals surface area (Å²) < 4.78 is 5.59. The zero-order valence-electron chi connectivity index (χ0n) is 8.92. The van der Waals surface area contributed by atoms with Crippen LogP contribution in [0.1, 0.15) is 0 Å². The van der Waals surface area contributed by atoms with Crippen molar-refractivity contribution in [1.82, 2.24) is 9.97 Å². The van der Waals surface area contributed by atoms with E-state index in [0.29, 0.717) is 11.5 Å². The summed E-state index contributed by atoms with van der Waals surface area (Å²) in [6.07, 6.45) is 1.63. The molecule has 0 unspecified atom stereocenters. The molecular formula is C13H10N2O2. The Morgan fingerprint density at radius 1 is 1.12 bits per heavy atom. The van der Waals surface area contributed by atoms with Crippen LogP contribution in [0.4, 0.5) is 0 Å². The molecule has 0 saturated carbocycles. The maximum atomic E-state index is 9.60. The van der Waals surface area contributed by atoms with Crippen molar-refractivity contribution < 1.29 is 9.84 Å². The molecule has 0 aliphatic carbocycles. The van der Waals surface area contributed by atoms with Gasteiger partial charge in [0.1, 0.15) is 5.75 Å². The number of benzene rings is 2. The molecule has 3 aromatic rings. The van der Waals surface area contributed by atoms with E-state index < -0.39 is 0 Å². The lowest BCUT2D eigenvalue weighted by Crippen LogP contribution is -1.84. The third-order valence-corrected chi connectivity index (χ3v) is 2.48. The highest BCUT2D eigenvalue weighted by Crippen LogP contribution is 2.30. The van der Waals surface area contributed by atoms with E-state index in [9.17, 15) is 5.11 Å². The maximum Gasteiger partial charge on any atom is 0.169 e. The van der Waals surface area contributed by atoms with Crippen LogP contribution >= 0.6 is 0 Å². The number of aromatic hydroxyl groups is 1. The number of nitrogens with zero attached hydrogens (tertiary/aromatic N) is 1. The van der Waals surface area contributed by atoms with Crippen LogP contribution in [-0.4, -0.2) is 15.1 Å². The summed E-state index contributed by atoms with van der Waals surface area (Å²) in [6, 6.07) is 12.4. The van der Waals surface area contributed by atoms with E-state index in [1.807, 2.05) is 24.3 Å². The van der Waals surface area contributed by atoms with Crippen molar-refractivity contribution in [3.8, 4) is 17.2 Å². The first-order valence-electron chi connectivity index (χ1n) is 5.22. The number of H-pyrrole nitrogens is 1. The van der Waals surface area contributed by atoms with Crippen LogP contribution in [0.15, 0.2) is 48.8 Å². The molecule has 0 fully saturated rings. The molecular weight excluding hydrogens is 216 g/mol. The Hall–Kier alpha value is -2.49. The number of imidazole rings is 1. The minimum atomic E-state index is 0.122. The third kappa shape index (κ3) is 1.80. The number of ether oxygens (including phenoxy) is 1. The monoisotopic (exact) mass is 226 g/mol. The summed E-state index contributed by atoms with van der Waals surface area (Å²) in [5, 5.41) is 9.60. The first-order valence-corrected chi connectivity index (χ1v) is 5.22. The Morgan fingerprint density at radius 2 is 2.00 bits per heavy atom. The average Bonchev–Trinajstić information content (AvgIpc) is 2.79. The molecule has 2 aromatic carbocycles. The van der Waals surface area contributed by atoms with Gasteiger partial charge in [0.25, 0.3) is 0 Å². The zero-order valence-corrected chi connectivity index (χ0v) is 8.92. The third-order valence-electron chi connectivity index (χ3n) is 2.48. The summed E-state index contributed by atoms with van der Waals surface area (Å²) in [4.78, 5) is 7.13. The van der Waals surface area contributed by atoms with Gasteiger partial charge in [-0.15, -0.1) is 0 Å². The SMILES string of the molecule is Oc1ccccc1Oc1ccc2nc[nH]c2c1. The van der Waals surface area contributed by atoms with Gasteiger partial charge in [0.2, 0.25) is 0 Å². The molecule has 84 valence electrons. The second-order valence-electron chi connectivity index (χ2n) is 3.65. The van der Waals surface area contributed by atoms with Crippen molar-refractivity contribution >= 4 is 11.0 Å². The van der Waals surface area contributed by atoms with Crippen molar-refractivity contribution in [3.05, 3.63) is 48.8 Å². The highest BCUT2D eigenvalue weighted by molar-refractivity contribution is 5.76. The number of nitrogens with one attached hydrogen (secondary N) is 1. The normalized spacial score (nSPS) is 10.6. The van der Waals surface area contributed by atoms with Crippen molar-refractivity contribution in [1.29, 1.82) is 0 Å². The second-order valence-corrected chi connectivity index (χ2v) is 3.65. The van der Waals surface area contributed by atoms with Crippen LogP contribution in [0.2, 0.25) is 0 Å². The number of aromatic nitrogens is 2. The highest BCUT2D eigenvalue weighted by Gasteiger charge is 2.04. The minimum Gasteiger partial charge on any atom is -0.504 e. The van der Waals surface area contributed by atoms with E-state index in [-0.39, 0.29) is 5.75 Å². The summed E-state index contributed by atoms with van der Waals surface area (Å²) >= 11 is 0. The molecule has 0 bridgehead atoms. The van der Waals surface area contributed by atoms with E-state index in [1.54, 1.807) is 24.5 Å². The van der Waals surface area contributed by atoms with Gasteiger partial charge in [-0.1, -0.05) is 12.1 Å². The number of hydrogen-bond acceptors (Lipinski definition) is 3. The number of aromatic amines is 1. The van der Waals surface area contributed by atoms with Gasteiger partial charge in [0, 0.05) is 6.07 Å². The molecule has 3 rings (SSSR count). The summed E-state index contributed by atoms with van der Waals surface area (Å²) in [6.45, 7) is 0. The molecule has 17 heavy (non-hydrogen) atoms. The van der Waals surface area contributed by atoms with Crippen LogP contribution in [0.25, 0.3) is 11.0 Å². The number of fused-ring (bicyclic) bond motifs is 1. The van der Waals surface area contributed by atoms with Crippen molar-refractivity contribution in [2.75, 3.05) is 0 Å². The largest absolute Gasteiger partial charge is 0.504 e. The Bertz CT molecular complexity index is 661. The molecule has 0 spiro atoms. The molecule has 4 heteroatoms. The Kier molecular flexibility index (Phi) is 2.19. The highest BCUT2D eigenvalue weighted by atomic mass is 16.5. The lowest BCUT2D eigenvalue weighted by Gasteiger charge is -2.06. The van der Waals surface area contributed by atoms with E-state index >= 15 is 0 Å². The lowest BCUT2D eigenvalue weighted by atomic mass is 10.3. The van der Waals surface area contributed by atoms with Gasteiger partial charge < -0.3 is 14.8 Å². The second kappa shape index (κ2) is 3.83. The van der Waals surface area contributed by atoms with Crippen molar-refractivity contribution in [2.24, 2.45) is 0 Å². The molecule has 0 radical (unpaired) electrons. The average molecular weight is 226 g/mol. The van der Waals surface area contributed by atoms with Crippen LogP contribution < -0.4 is 4.74 Å². The lowest BCUT2D eigenvalue weighted by molar-refractivity contribution is 0.411. The maximum absolute atomic E-state index is 9.60.